The Labute approximate surface area is 169 Å². The molecule has 0 radical (unpaired) electrons. The van der Waals surface area contributed by atoms with Gasteiger partial charge < -0.3 is 4.55 Å². The van der Waals surface area contributed by atoms with Crippen molar-refractivity contribution in [2.75, 3.05) is 0 Å². The van der Waals surface area contributed by atoms with Crippen LogP contribution in [0.1, 0.15) is 37.8 Å². The Morgan fingerprint density at radius 2 is 1.67 bits per heavy atom. The van der Waals surface area contributed by atoms with Crippen LogP contribution in [0, 0.1) is 0 Å². The molecule has 5 heteroatoms. The Balaban J connectivity index is 0.00000220. The van der Waals surface area contributed by atoms with Crippen LogP contribution in [0.4, 0.5) is 0 Å². The number of rotatable bonds is 5. The first-order chi connectivity index (χ1) is 9.45. The minimum Gasteiger partial charge on any atom is -0.744 e. The molecule has 0 aliphatic carbocycles. The van der Waals surface area contributed by atoms with Crippen molar-refractivity contribution in [3.8, 4) is 0 Å². The van der Waals surface area contributed by atoms with E-state index in [0.29, 0.717) is 0 Å². The van der Waals surface area contributed by atoms with Gasteiger partial charge in [0, 0.05) is 0 Å². The van der Waals surface area contributed by atoms with Crippen molar-refractivity contribution in [3.05, 3.63) is 41.5 Å². The van der Waals surface area contributed by atoms with Crippen LogP contribution in [0.15, 0.2) is 35.2 Å². The van der Waals surface area contributed by atoms with Crippen LogP contribution in [0.25, 0.3) is 10.8 Å². The van der Waals surface area contributed by atoms with E-state index in [0.717, 1.165) is 42.0 Å². The third-order valence-electron chi connectivity index (χ3n) is 3.42. The van der Waals surface area contributed by atoms with Gasteiger partial charge in [0.15, 0.2) is 0 Å². The molecule has 0 atom stereocenters. The summed E-state index contributed by atoms with van der Waals surface area (Å²) in [6, 6.07) is 9.12. The first-order valence-electron chi connectivity index (χ1n) is 6.97. The van der Waals surface area contributed by atoms with Crippen LogP contribution in [0.2, 0.25) is 0 Å². The maximum atomic E-state index is 11.3. The first kappa shape index (κ1) is 19.3. The van der Waals surface area contributed by atoms with E-state index in [2.05, 4.69) is 13.0 Å². The monoisotopic (exact) mass is 330 g/mol. The molecule has 0 bridgehead atoms. The van der Waals surface area contributed by atoms with Crippen LogP contribution in [-0.2, 0) is 23.0 Å². The molecule has 0 saturated heterocycles. The topological polar surface area (TPSA) is 57.2 Å². The predicted molar refractivity (Wildman–Crippen MR) is 79.9 cm³/mol. The minimum absolute atomic E-state index is 0. The summed E-state index contributed by atoms with van der Waals surface area (Å²) < 4.78 is 33.9. The molecule has 0 fully saturated rings. The molecular formula is C16H19KO3S. The second-order valence-electron chi connectivity index (χ2n) is 5.09. The van der Waals surface area contributed by atoms with Gasteiger partial charge in [-0.15, -0.1) is 0 Å². The molecule has 2 rings (SSSR count). The average molecular weight is 330 g/mol. The van der Waals surface area contributed by atoms with Crippen molar-refractivity contribution >= 4 is 20.9 Å². The van der Waals surface area contributed by atoms with Gasteiger partial charge in [-0.25, -0.2) is 8.42 Å². The zero-order valence-electron chi connectivity index (χ0n) is 12.8. The Hall–Kier alpha value is 0.246. The summed E-state index contributed by atoms with van der Waals surface area (Å²) in [5.41, 5.74) is 2.10. The van der Waals surface area contributed by atoms with Crippen molar-refractivity contribution < 1.29 is 64.4 Å². The van der Waals surface area contributed by atoms with Crippen molar-refractivity contribution in [1.29, 1.82) is 0 Å². The third kappa shape index (κ3) is 4.86. The van der Waals surface area contributed by atoms with Crippen molar-refractivity contribution in [1.82, 2.24) is 0 Å². The van der Waals surface area contributed by atoms with Crippen LogP contribution in [0.5, 0.6) is 0 Å². The molecule has 2 aromatic carbocycles. The molecule has 0 saturated carbocycles. The largest absolute Gasteiger partial charge is 1.00 e. The molecule has 0 spiro atoms. The summed E-state index contributed by atoms with van der Waals surface area (Å²) in [6.07, 6.45) is 3.67. The van der Waals surface area contributed by atoms with Gasteiger partial charge in [0.2, 0.25) is 0 Å². The summed E-state index contributed by atoms with van der Waals surface area (Å²) in [6.45, 7) is 4.14. The van der Waals surface area contributed by atoms with Crippen LogP contribution in [-0.4, -0.2) is 13.0 Å². The van der Waals surface area contributed by atoms with Gasteiger partial charge in [-0.3, -0.25) is 0 Å². The molecule has 3 nitrogen and oxygen atoms in total. The molecule has 108 valence electrons. The minimum atomic E-state index is -4.41. The van der Waals surface area contributed by atoms with Crippen molar-refractivity contribution in [2.45, 2.75) is 44.4 Å². The fraction of sp³-hybridized carbons (Fsp3) is 0.375. The average Bonchev–Trinajstić information content (AvgIpc) is 2.38. The maximum absolute atomic E-state index is 11.3. The summed E-state index contributed by atoms with van der Waals surface area (Å²) in [5, 5.41) is 1.88. The normalized spacial score (nSPS) is 11.4. The fourth-order valence-electron chi connectivity index (χ4n) is 2.53. The first-order valence-corrected chi connectivity index (χ1v) is 8.38. The molecule has 2 aromatic rings. The maximum Gasteiger partial charge on any atom is 1.00 e. The van der Waals surface area contributed by atoms with Gasteiger partial charge in [-0.05, 0) is 46.9 Å². The second kappa shape index (κ2) is 8.20. The summed E-state index contributed by atoms with van der Waals surface area (Å²) in [5.74, 6) is 0. The smallest absolute Gasteiger partial charge is 0.744 e. The van der Waals surface area contributed by atoms with Crippen LogP contribution < -0.4 is 51.4 Å². The van der Waals surface area contributed by atoms with Crippen LogP contribution >= 0.6 is 0 Å². The van der Waals surface area contributed by atoms with E-state index in [1.807, 2.05) is 19.1 Å². The van der Waals surface area contributed by atoms with E-state index in [1.165, 1.54) is 17.7 Å². The molecular weight excluding hydrogens is 311 g/mol. The van der Waals surface area contributed by atoms with E-state index in [-0.39, 0.29) is 56.3 Å². The number of fused-ring (bicyclic) bond motifs is 1. The van der Waals surface area contributed by atoms with E-state index < -0.39 is 10.1 Å². The molecule has 0 unspecified atom stereocenters. The standard InChI is InChI=1S/C16H20O3S.K/c1-3-5-12-7-8-16-13(6-4-2)10-15(20(17,18)19)11-14(16)9-12;/h7-11H,3-6H2,1-2H3,(H,17,18,19);/q;+1/p-1. The summed E-state index contributed by atoms with van der Waals surface area (Å²) in [7, 11) is -4.41. The fourth-order valence-corrected chi connectivity index (χ4v) is 3.09. The molecule has 0 amide bonds. The molecule has 0 aliphatic rings. The summed E-state index contributed by atoms with van der Waals surface area (Å²) >= 11 is 0. The number of hydrogen-bond acceptors (Lipinski definition) is 3. The number of aryl methyl sites for hydroxylation is 2. The van der Waals surface area contributed by atoms with Gasteiger partial charge in [-0.1, -0.05) is 44.9 Å². The van der Waals surface area contributed by atoms with E-state index in [4.69, 9.17) is 0 Å². The Morgan fingerprint density at radius 3 is 2.24 bits per heavy atom. The van der Waals surface area contributed by atoms with Gasteiger partial charge in [-0.2, -0.15) is 0 Å². The predicted octanol–water partition coefficient (Wildman–Crippen LogP) is 0.653. The Kier molecular flexibility index (Phi) is 7.53. The van der Waals surface area contributed by atoms with Crippen LogP contribution in [0.3, 0.4) is 0 Å². The molecule has 0 aliphatic heterocycles. The quantitative estimate of drug-likeness (QED) is 0.597. The molecule has 0 aromatic heterocycles. The van der Waals surface area contributed by atoms with E-state index in [9.17, 15) is 13.0 Å². The zero-order valence-corrected chi connectivity index (χ0v) is 16.8. The number of benzene rings is 2. The van der Waals surface area contributed by atoms with E-state index in [1.54, 1.807) is 0 Å². The zero-order chi connectivity index (χ0) is 14.8. The molecule has 21 heavy (non-hydrogen) atoms. The molecule has 0 heterocycles. The second-order valence-corrected chi connectivity index (χ2v) is 6.47. The SMILES string of the molecule is CCCc1ccc2c(CCC)cc(S(=O)(=O)[O-])cc2c1.[K+]. The Morgan fingerprint density at radius 1 is 1.00 bits per heavy atom. The van der Waals surface area contributed by atoms with Gasteiger partial charge in [0.05, 0.1) is 4.90 Å². The van der Waals surface area contributed by atoms with Gasteiger partial charge in [0.25, 0.3) is 0 Å². The molecule has 0 N–H and O–H groups in total. The number of hydrogen-bond donors (Lipinski definition) is 0. The van der Waals surface area contributed by atoms with Gasteiger partial charge >= 0.3 is 51.4 Å². The third-order valence-corrected chi connectivity index (χ3v) is 4.24. The van der Waals surface area contributed by atoms with Gasteiger partial charge in [0.1, 0.15) is 10.1 Å². The van der Waals surface area contributed by atoms with E-state index >= 15 is 0 Å². The Bertz CT molecular complexity index is 724. The summed E-state index contributed by atoms with van der Waals surface area (Å²) in [4.78, 5) is -0.123. The van der Waals surface area contributed by atoms with Crippen molar-refractivity contribution in [3.63, 3.8) is 0 Å². The van der Waals surface area contributed by atoms with Crippen molar-refractivity contribution in [2.24, 2.45) is 0 Å².